The van der Waals surface area contributed by atoms with Crippen LogP contribution in [0.3, 0.4) is 0 Å². The van der Waals surface area contributed by atoms with Crippen LogP contribution in [0.5, 0.6) is 0 Å². The van der Waals surface area contributed by atoms with Gasteiger partial charge in [0.05, 0.1) is 22.8 Å². The van der Waals surface area contributed by atoms with Crippen molar-refractivity contribution in [3.05, 3.63) is 70.4 Å². The Labute approximate surface area is 143 Å². The molecule has 4 nitrogen and oxygen atoms in total. The third-order valence-corrected chi connectivity index (χ3v) is 4.33. The molecule has 0 spiro atoms. The molecule has 0 aliphatic rings. The number of hydrogen-bond donors (Lipinski definition) is 1. The van der Waals surface area contributed by atoms with E-state index in [0.717, 1.165) is 22.0 Å². The van der Waals surface area contributed by atoms with E-state index in [1.807, 2.05) is 23.6 Å². The Balaban J connectivity index is 1.47. The van der Waals surface area contributed by atoms with Crippen LogP contribution in [0.2, 0.25) is 0 Å². The van der Waals surface area contributed by atoms with Crippen LogP contribution in [0.25, 0.3) is 11.4 Å². The van der Waals surface area contributed by atoms with Crippen molar-refractivity contribution in [1.82, 2.24) is 15.3 Å². The van der Waals surface area contributed by atoms with Crippen molar-refractivity contribution >= 4 is 17.2 Å². The Morgan fingerprint density at radius 3 is 2.71 bits per heavy atom. The Morgan fingerprint density at radius 1 is 1.12 bits per heavy atom. The zero-order valence-electron chi connectivity index (χ0n) is 12.9. The standard InChI is InChI=1S/C18H16FN3OS/c19-14-6-4-13(5-7-14)11-17(23)21-10-8-18-22-16(12-24-18)15-3-1-2-9-20-15/h1-7,9,12H,8,10-11H2,(H,21,23). The highest BCUT2D eigenvalue weighted by molar-refractivity contribution is 7.09. The molecule has 2 aromatic heterocycles. The second kappa shape index (κ2) is 7.79. The molecule has 0 saturated heterocycles. The SMILES string of the molecule is O=C(Cc1ccc(F)cc1)NCCc1nc(-c2ccccn2)cs1. The van der Waals surface area contributed by atoms with E-state index in [4.69, 9.17) is 0 Å². The van der Waals surface area contributed by atoms with Crippen molar-refractivity contribution in [3.63, 3.8) is 0 Å². The lowest BCUT2D eigenvalue weighted by Gasteiger charge is -2.04. The smallest absolute Gasteiger partial charge is 0.224 e. The molecule has 6 heteroatoms. The van der Waals surface area contributed by atoms with Crippen LogP contribution < -0.4 is 5.32 Å². The quantitative estimate of drug-likeness (QED) is 0.749. The summed E-state index contributed by atoms with van der Waals surface area (Å²) in [7, 11) is 0. The molecule has 0 saturated carbocycles. The number of nitrogens with zero attached hydrogens (tertiary/aromatic N) is 2. The molecule has 1 N–H and O–H groups in total. The second-order valence-corrected chi connectivity index (χ2v) is 6.19. The van der Waals surface area contributed by atoms with Crippen LogP contribution in [0.15, 0.2) is 54.0 Å². The Morgan fingerprint density at radius 2 is 1.96 bits per heavy atom. The van der Waals surface area contributed by atoms with Gasteiger partial charge in [-0.05, 0) is 29.8 Å². The first kappa shape index (κ1) is 16.3. The number of halogens is 1. The normalized spacial score (nSPS) is 10.5. The number of benzene rings is 1. The number of thiazole rings is 1. The number of aromatic nitrogens is 2. The van der Waals surface area contributed by atoms with Gasteiger partial charge in [0.25, 0.3) is 0 Å². The monoisotopic (exact) mass is 341 g/mol. The number of nitrogens with one attached hydrogen (secondary N) is 1. The maximum atomic E-state index is 12.8. The van der Waals surface area contributed by atoms with Gasteiger partial charge in [0.15, 0.2) is 0 Å². The summed E-state index contributed by atoms with van der Waals surface area (Å²) in [6, 6.07) is 11.7. The number of pyridine rings is 1. The molecule has 0 aliphatic carbocycles. The van der Waals surface area contributed by atoms with Crippen LogP contribution in [0.1, 0.15) is 10.6 Å². The molecule has 122 valence electrons. The number of carbonyl (C=O) groups excluding carboxylic acids is 1. The fourth-order valence-corrected chi connectivity index (χ4v) is 3.01. The van der Waals surface area contributed by atoms with E-state index in [1.165, 1.54) is 12.1 Å². The van der Waals surface area contributed by atoms with E-state index in [1.54, 1.807) is 29.7 Å². The number of rotatable bonds is 6. The molecule has 0 fully saturated rings. The maximum Gasteiger partial charge on any atom is 0.224 e. The van der Waals surface area contributed by atoms with Gasteiger partial charge in [-0.25, -0.2) is 9.37 Å². The molecule has 2 heterocycles. The zero-order valence-corrected chi connectivity index (χ0v) is 13.7. The van der Waals surface area contributed by atoms with E-state index >= 15 is 0 Å². The first-order chi connectivity index (χ1) is 11.7. The van der Waals surface area contributed by atoms with Crippen LogP contribution in [0, 0.1) is 5.82 Å². The third kappa shape index (κ3) is 4.45. The van der Waals surface area contributed by atoms with Gasteiger partial charge in [-0.15, -0.1) is 11.3 Å². The van der Waals surface area contributed by atoms with Gasteiger partial charge in [-0.2, -0.15) is 0 Å². The molecule has 1 aromatic carbocycles. The van der Waals surface area contributed by atoms with Crippen molar-refractivity contribution in [1.29, 1.82) is 0 Å². The average molecular weight is 341 g/mol. The van der Waals surface area contributed by atoms with Gasteiger partial charge >= 0.3 is 0 Å². The topological polar surface area (TPSA) is 54.9 Å². The van der Waals surface area contributed by atoms with E-state index in [-0.39, 0.29) is 18.1 Å². The first-order valence-electron chi connectivity index (χ1n) is 7.57. The maximum absolute atomic E-state index is 12.8. The van der Waals surface area contributed by atoms with Crippen molar-refractivity contribution in [3.8, 4) is 11.4 Å². The number of amides is 1. The van der Waals surface area contributed by atoms with E-state index in [0.29, 0.717) is 13.0 Å². The minimum atomic E-state index is -0.299. The molecule has 0 radical (unpaired) electrons. The van der Waals surface area contributed by atoms with E-state index < -0.39 is 0 Å². The first-order valence-corrected chi connectivity index (χ1v) is 8.45. The molecule has 0 aliphatic heterocycles. The average Bonchev–Trinajstić information content (AvgIpc) is 3.07. The predicted molar refractivity (Wildman–Crippen MR) is 92.2 cm³/mol. The van der Waals surface area contributed by atoms with Crippen molar-refractivity contribution in [2.45, 2.75) is 12.8 Å². The summed E-state index contributed by atoms with van der Waals surface area (Å²) in [5, 5.41) is 5.79. The molecular formula is C18H16FN3OS. The summed E-state index contributed by atoms with van der Waals surface area (Å²) < 4.78 is 12.8. The van der Waals surface area contributed by atoms with Gasteiger partial charge in [-0.1, -0.05) is 18.2 Å². The number of carbonyl (C=O) groups is 1. The molecule has 24 heavy (non-hydrogen) atoms. The molecule has 3 aromatic rings. The minimum Gasteiger partial charge on any atom is -0.355 e. The van der Waals surface area contributed by atoms with Crippen molar-refractivity contribution in [2.75, 3.05) is 6.54 Å². The molecule has 0 atom stereocenters. The third-order valence-electron chi connectivity index (χ3n) is 3.42. The van der Waals surface area contributed by atoms with Gasteiger partial charge in [0, 0.05) is 24.5 Å². The van der Waals surface area contributed by atoms with Crippen LogP contribution in [-0.2, 0) is 17.6 Å². The van der Waals surface area contributed by atoms with Gasteiger partial charge in [-0.3, -0.25) is 9.78 Å². The lowest BCUT2D eigenvalue weighted by atomic mass is 10.1. The summed E-state index contributed by atoms with van der Waals surface area (Å²) in [5.74, 6) is -0.380. The van der Waals surface area contributed by atoms with Crippen LogP contribution >= 0.6 is 11.3 Å². The molecule has 1 amide bonds. The number of hydrogen-bond acceptors (Lipinski definition) is 4. The molecule has 3 rings (SSSR count). The summed E-state index contributed by atoms with van der Waals surface area (Å²) in [5.41, 5.74) is 2.49. The highest BCUT2D eigenvalue weighted by Crippen LogP contribution is 2.19. The zero-order chi connectivity index (χ0) is 16.8. The molecule has 0 unspecified atom stereocenters. The van der Waals surface area contributed by atoms with Crippen LogP contribution in [-0.4, -0.2) is 22.4 Å². The summed E-state index contributed by atoms with van der Waals surface area (Å²) in [6.07, 6.45) is 2.66. The summed E-state index contributed by atoms with van der Waals surface area (Å²) in [6.45, 7) is 0.523. The van der Waals surface area contributed by atoms with E-state index in [9.17, 15) is 9.18 Å². The van der Waals surface area contributed by atoms with Crippen molar-refractivity contribution < 1.29 is 9.18 Å². The summed E-state index contributed by atoms with van der Waals surface area (Å²) >= 11 is 1.56. The Bertz CT molecular complexity index is 803. The summed E-state index contributed by atoms with van der Waals surface area (Å²) in [4.78, 5) is 20.7. The van der Waals surface area contributed by atoms with Crippen molar-refractivity contribution in [2.24, 2.45) is 0 Å². The largest absolute Gasteiger partial charge is 0.355 e. The molecule has 0 bridgehead atoms. The lowest BCUT2D eigenvalue weighted by molar-refractivity contribution is -0.120. The predicted octanol–water partition coefficient (Wildman–Crippen LogP) is 3.25. The second-order valence-electron chi connectivity index (χ2n) is 5.24. The van der Waals surface area contributed by atoms with Gasteiger partial charge in [0.2, 0.25) is 5.91 Å². The fourth-order valence-electron chi connectivity index (χ4n) is 2.22. The fraction of sp³-hybridized carbons (Fsp3) is 0.167. The van der Waals surface area contributed by atoms with E-state index in [2.05, 4.69) is 15.3 Å². The Hall–Kier alpha value is -2.60. The molecular weight excluding hydrogens is 325 g/mol. The lowest BCUT2D eigenvalue weighted by Crippen LogP contribution is -2.27. The highest BCUT2D eigenvalue weighted by atomic mass is 32.1. The van der Waals surface area contributed by atoms with Gasteiger partial charge < -0.3 is 5.32 Å². The van der Waals surface area contributed by atoms with Gasteiger partial charge in [0.1, 0.15) is 5.82 Å². The minimum absolute atomic E-state index is 0.0805. The highest BCUT2D eigenvalue weighted by Gasteiger charge is 2.07. The Kier molecular flexibility index (Phi) is 5.28. The van der Waals surface area contributed by atoms with Crippen LogP contribution in [0.4, 0.5) is 4.39 Å².